The van der Waals surface area contributed by atoms with Crippen molar-refractivity contribution in [3.8, 4) is 0 Å². The van der Waals surface area contributed by atoms with Crippen molar-refractivity contribution in [3.05, 3.63) is 42.2 Å². The minimum atomic E-state index is 0.0672. The van der Waals surface area contributed by atoms with Gasteiger partial charge in [-0.25, -0.2) is 4.68 Å². The van der Waals surface area contributed by atoms with Gasteiger partial charge in [-0.05, 0) is 44.0 Å². The van der Waals surface area contributed by atoms with Gasteiger partial charge in [-0.3, -0.25) is 9.48 Å². The molecule has 0 unspecified atom stereocenters. The zero-order valence-corrected chi connectivity index (χ0v) is 13.7. The molecule has 0 saturated carbocycles. The summed E-state index contributed by atoms with van der Waals surface area (Å²) in [7, 11) is 0. The molecule has 0 bridgehead atoms. The SMILES string of the molecule is CCn1nnc2cc(C(=O)N3CCC[C@H]3Cn3cccn3)ccc21. The van der Waals surface area contributed by atoms with Crippen molar-refractivity contribution in [2.45, 2.75) is 38.9 Å². The summed E-state index contributed by atoms with van der Waals surface area (Å²) in [4.78, 5) is 14.9. The minimum absolute atomic E-state index is 0.0672. The van der Waals surface area contributed by atoms with Crippen molar-refractivity contribution in [1.29, 1.82) is 0 Å². The molecular weight excluding hydrogens is 304 g/mol. The summed E-state index contributed by atoms with van der Waals surface area (Å²) in [5, 5.41) is 12.5. The fourth-order valence-corrected chi connectivity index (χ4v) is 3.42. The number of amides is 1. The Bertz CT molecular complexity index is 853. The number of hydrogen-bond donors (Lipinski definition) is 0. The van der Waals surface area contributed by atoms with E-state index in [1.54, 1.807) is 6.20 Å². The monoisotopic (exact) mass is 324 g/mol. The molecule has 24 heavy (non-hydrogen) atoms. The first-order valence-corrected chi connectivity index (χ1v) is 8.38. The number of aryl methyl sites for hydroxylation is 1. The normalized spacial score (nSPS) is 17.7. The number of carbonyl (C=O) groups excluding carboxylic acids is 1. The molecule has 1 amide bonds. The van der Waals surface area contributed by atoms with E-state index in [0.29, 0.717) is 5.56 Å². The highest BCUT2D eigenvalue weighted by atomic mass is 16.2. The minimum Gasteiger partial charge on any atom is -0.334 e. The highest BCUT2D eigenvalue weighted by Crippen LogP contribution is 2.23. The summed E-state index contributed by atoms with van der Waals surface area (Å²) >= 11 is 0. The molecule has 0 spiro atoms. The average Bonchev–Trinajstić information content (AvgIpc) is 3.34. The maximum Gasteiger partial charge on any atom is 0.254 e. The lowest BCUT2D eigenvalue weighted by atomic mass is 10.1. The Balaban J connectivity index is 1.58. The van der Waals surface area contributed by atoms with Crippen molar-refractivity contribution >= 4 is 16.9 Å². The summed E-state index contributed by atoms with van der Waals surface area (Å²) < 4.78 is 3.73. The van der Waals surface area contributed by atoms with Crippen LogP contribution in [0.15, 0.2) is 36.7 Å². The fraction of sp³-hybridized carbons (Fsp3) is 0.412. The van der Waals surface area contributed by atoms with Gasteiger partial charge in [0.15, 0.2) is 0 Å². The quantitative estimate of drug-likeness (QED) is 0.735. The van der Waals surface area contributed by atoms with Gasteiger partial charge >= 0.3 is 0 Å². The van der Waals surface area contributed by atoms with E-state index in [9.17, 15) is 4.79 Å². The molecule has 1 fully saturated rings. The highest BCUT2D eigenvalue weighted by molar-refractivity contribution is 5.97. The van der Waals surface area contributed by atoms with Crippen molar-refractivity contribution in [3.63, 3.8) is 0 Å². The van der Waals surface area contributed by atoms with Crippen LogP contribution in [0.2, 0.25) is 0 Å². The molecule has 3 heterocycles. The number of hydrogen-bond acceptors (Lipinski definition) is 4. The number of nitrogens with zero attached hydrogens (tertiary/aromatic N) is 6. The lowest BCUT2D eigenvalue weighted by Crippen LogP contribution is -2.38. The van der Waals surface area contributed by atoms with E-state index >= 15 is 0 Å². The van der Waals surface area contributed by atoms with Gasteiger partial charge in [0.25, 0.3) is 5.91 Å². The second kappa shape index (κ2) is 6.07. The van der Waals surface area contributed by atoms with Crippen LogP contribution in [0.1, 0.15) is 30.1 Å². The number of carbonyl (C=O) groups is 1. The predicted molar refractivity (Wildman–Crippen MR) is 89.5 cm³/mol. The largest absolute Gasteiger partial charge is 0.334 e. The summed E-state index contributed by atoms with van der Waals surface area (Å²) in [6.45, 7) is 4.33. The molecule has 2 aromatic heterocycles. The maximum atomic E-state index is 12.9. The van der Waals surface area contributed by atoms with Crippen LogP contribution in [0.3, 0.4) is 0 Å². The van der Waals surface area contributed by atoms with E-state index in [4.69, 9.17) is 0 Å². The average molecular weight is 324 g/mol. The topological polar surface area (TPSA) is 68.8 Å². The number of likely N-dealkylation sites (tertiary alicyclic amines) is 1. The third-order valence-corrected chi connectivity index (χ3v) is 4.66. The first-order valence-electron chi connectivity index (χ1n) is 8.38. The molecule has 0 radical (unpaired) electrons. The molecule has 1 aliphatic heterocycles. The third-order valence-electron chi connectivity index (χ3n) is 4.66. The van der Waals surface area contributed by atoms with E-state index < -0.39 is 0 Å². The highest BCUT2D eigenvalue weighted by Gasteiger charge is 2.30. The van der Waals surface area contributed by atoms with Crippen LogP contribution in [0.5, 0.6) is 0 Å². The van der Waals surface area contributed by atoms with E-state index in [2.05, 4.69) is 15.4 Å². The van der Waals surface area contributed by atoms with E-state index in [1.807, 2.05) is 51.6 Å². The number of benzene rings is 1. The number of rotatable bonds is 4. The summed E-state index contributed by atoms with van der Waals surface area (Å²) in [6, 6.07) is 7.76. The number of fused-ring (bicyclic) bond motifs is 1. The molecule has 1 atom stereocenters. The van der Waals surface area contributed by atoms with Gasteiger partial charge in [-0.1, -0.05) is 5.21 Å². The van der Waals surface area contributed by atoms with E-state index in [1.165, 1.54) is 0 Å². The van der Waals surface area contributed by atoms with Crippen molar-refractivity contribution in [2.24, 2.45) is 0 Å². The zero-order chi connectivity index (χ0) is 16.5. The Morgan fingerprint density at radius 2 is 2.29 bits per heavy atom. The molecule has 1 aliphatic rings. The lowest BCUT2D eigenvalue weighted by Gasteiger charge is -2.24. The second-order valence-electron chi connectivity index (χ2n) is 6.13. The van der Waals surface area contributed by atoms with Crippen LogP contribution in [0.4, 0.5) is 0 Å². The van der Waals surface area contributed by atoms with Gasteiger partial charge in [0, 0.05) is 31.0 Å². The standard InChI is InChI=1S/C17H20N6O/c1-2-23-16-7-6-13(11-15(16)19-20-23)17(24)22-10-3-5-14(22)12-21-9-4-8-18-21/h4,6-9,11,14H,2-3,5,10,12H2,1H3/t14-/m0/s1. The zero-order valence-electron chi connectivity index (χ0n) is 13.7. The Labute approximate surface area is 139 Å². The molecule has 0 aliphatic carbocycles. The van der Waals surface area contributed by atoms with E-state index in [-0.39, 0.29) is 11.9 Å². The number of aromatic nitrogens is 5. The van der Waals surface area contributed by atoms with Gasteiger partial charge in [0.1, 0.15) is 5.52 Å². The molecule has 124 valence electrons. The van der Waals surface area contributed by atoms with Gasteiger partial charge in [0.2, 0.25) is 0 Å². The first-order chi connectivity index (χ1) is 11.8. The van der Waals surface area contributed by atoms with Crippen molar-refractivity contribution < 1.29 is 4.79 Å². The van der Waals surface area contributed by atoms with Crippen LogP contribution in [-0.4, -0.2) is 48.2 Å². The van der Waals surface area contributed by atoms with Crippen LogP contribution in [0, 0.1) is 0 Å². The van der Waals surface area contributed by atoms with Gasteiger partial charge in [-0.15, -0.1) is 5.10 Å². The first kappa shape index (κ1) is 14.9. The van der Waals surface area contributed by atoms with E-state index in [0.717, 1.165) is 43.5 Å². The lowest BCUT2D eigenvalue weighted by molar-refractivity contribution is 0.0722. The predicted octanol–water partition coefficient (Wildman–Crippen LogP) is 1.95. The molecule has 1 aromatic carbocycles. The van der Waals surface area contributed by atoms with Crippen LogP contribution in [-0.2, 0) is 13.1 Å². The second-order valence-corrected chi connectivity index (χ2v) is 6.13. The molecule has 0 N–H and O–H groups in total. The van der Waals surface area contributed by atoms with Gasteiger partial charge in [0.05, 0.1) is 18.1 Å². The smallest absolute Gasteiger partial charge is 0.254 e. The molecule has 1 saturated heterocycles. The summed E-state index contributed by atoms with van der Waals surface area (Å²) in [5.41, 5.74) is 2.41. The molecule has 4 rings (SSSR count). The van der Waals surface area contributed by atoms with Crippen molar-refractivity contribution in [1.82, 2.24) is 29.7 Å². The Morgan fingerprint density at radius 3 is 3.08 bits per heavy atom. The van der Waals surface area contributed by atoms with Gasteiger partial charge in [-0.2, -0.15) is 5.10 Å². The van der Waals surface area contributed by atoms with Crippen LogP contribution in [0.25, 0.3) is 11.0 Å². The summed E-state index contributed by atoms with van der Waals surface area (Å²) in [5.74, 6) is 0.0672. The maximum absolute atomic E-state index is 12.9. The molecule has 7 heteroatoms. The third kappa shape index (κ3) is 2.55. The fourth-order valence-electron chi connectivity index (χ4n) is 3.42. The Hall–Kier alpha value is -2.70. The summed E-state index contributed by atoms with van der Waals surface area (Å²) in [6.07, 6.45) is 5.76. The molecular formula is C17H20N6O. The molecule has 3 aromatic rings. The molecule has 7 nitrogen and oxygen atoms in total. The van der Waals surface area contributed by atoms with Crippen molar-refractivity contribution in [2.75, 3.05) is 6.54 Å². The van der Waals surface area contributed by atoms with Crippen LogP contribution >= 0.6 is 0 Å². The Kier molecular flexibility index (Phi) is 3.76. The van der Waals surface area contributed by atoms with Crippen LogP contribution < -0.4 is 0 Å². The van der Waals surface area contributed by atoms with Gasteiger partial charge < -0.3 is 4.90 Å². The Morgan fingerprint density at radius 1 is 1.38 bits per heavy atom.